The van der Waals surface area contributed by atoms with Crippen LogP contribution in [0.4, 0.5) is 0 Å². The molecule has 0 atom stereocenters. The molecule has 16 heavy (non-hydrogen) atoms. The lowest BCUT2D eigenvalue weighted by molar-refractivity contribution is 0.0983. The summed E-state index contributed by atoms with van der Waals surface area (Å²) in [5.74, 6) is 1.14. The van der Waals surface area contributed by atoms with Gasteiger partial charge in [0, 0.05) is 18.5 Å². The Morgan fingerprint density at radius 2 is 2.38 bits per heavy atom. The lowest BCUT2D eigenvalue weighted by Crippen LogP contribution is -2.14. The Balaban J connectivity index is 2.13. The minimum absolute atomic E-state index is 0.197. The van der Waals surface area contributed by atoms with Crippen LogP contribution in [0.25, 0.3) is 0 Å². The van der Waals surface area contributed by atoms with Crippen molar-refractivity contribution >= 4 is 5.78 Å². The van der Waals surface area contributed by atoms with E-state index < -0.39 is 0 Å². The van der Waals surface area contributed by atoms with Crippen LogP contribution in [-0.4, -0.2) is 26.0 Å². The molecule has 2 rings (SSSR count). The summed E-state index contributed by atoms with van der Waals surface area (Å²) in [4.78, 5) is 11.8. The number of ether oxygens (including phenoxy) is 1. The van der Waals surface area contributed by atoms with Crippen LogP contribution in [0, 0.1) is 0 Å². The topological polar surface area (TPSA) is 38.3 Å². The maximum absolute atomic E-state index is 11.8. The van der Waals surface area contributed by atoms with Crippen molar-refractivity contribution < 1.29 is 9.53 Å². The molecule has 3 heteroatoms. The minimum atomic E-state index is 0.197. The van der Waals surface area contributed by atoms with E-state index in [-0.39, 0.29) is 5.78 Å². The Morgan fingerprint density at radius 3 is 3.19 bits per heavy atom. The highest BCUT2D eigenvalue weighted by Crippen LogP contribution is 2.25. The summed E-state index contributed by atoms with van der Waals surface area (Å²) >= 11 is 0. The fraction of sp³-hybridized carbons (Fsp3) is 0.462. The van der Waals surface area contributed by atoms with Crippen LogP contribution in [0.2, 0.25) is 0 Å². The Morgan fingerprint density at radius 1 is 1.50 bits per heavy atom. The van der Waals surface area contributed by atoms with Gasteiger partial charge in [-0.25, -0.2) is 0 Å². The van der Waals surface area contributed by atoms with E-state index in [0.717, 1.165) is 37.3 Å². The first-order valence-corrected chi connectivity index (χ1v) is 5.75. The minimum Gasteiger partial charge on any atom is -0.493 e. The molecule has 0 aliphatic carbocycles. The molecule has 1 N–H and O–H groups in total. The largest absolute Gasteiger partial charge is 0.493 e. The van der Waals surface area contributed by atoms with Gasteiger partial charge in [-0.05, 0) is 43.7 Å². The van der Waals surface area contributed by atoms with E-state index in [4.69, 9.17) is 4.74 Å². The van der Waals surface area contributed by atoms with Gasteiger partial charge in [-0.1, -0.05) is 0 Å². The Kier molecular flexibility index (Phi) is 3.57. The van der Waals surface area contributed by atoms with Gasteiger partial charge in [0.2, 0.25) is 0 Å². The van der Waals surface area contributed by atoms with E-state index in [2.05, 4.69) is 5.32 Å². The van der Waals surface area contributed by atoms with Gasteiger partial charge < -0.3 is 10.1 Å². The number of hydrogen-bond acceptors (Lipinski definition) is 3. The van der Waals surface area contributed by atoms with Gasteiger partial charge >= 0.3 is 0 Å². The predicted octanol–water partition coefficient (Wildman–Crippen LogP) is 1.80. The van der Waals surface area contributed by atoms with Crippen LogP contribution in [0.3, 0.4) is 0 Å². The number of aryl methyl sites for hydroxylation is 1. The zero-order valence-corrected chi connectivity index (χ0v) is 9.58. The Bertz CT molecular complexity index is 388. The first-order chi connectivity index (χ1) is 7.81. The molecule has 1 heterocycles. The summed E-state index contributed by atoms with van der Waals surface area (Å²) in [6, 6.07) is 5.76. The van der Waals surface area contributed by atoms with Crippen LogP contribution >= 0.6 is 0 Å². The molecule has 1 aliphatic rings. The van der Waals surface area contributed by atoms with E-state index in [0.29, 0.717) is 6.42 Å². The lowest BCUT2D eigenvalue weighted by Gasteiger charge is -2.17. The van der Waals surface area contributed by atoms with E-state index in [1.165, 1.54) is 5.56 Å². The Hall–Kier alpha value is -1.35. The second kappa shape index (κ2) is 5.12. The zero-order chi connectivity index (χ0) is 11.4. The van der Waals surface area contributed by atoms with Gasteiger partial charge in [0.1, 0.15) is 5.75 Å². The maximum Gasteiger partial charge on any atom is 0.164 e. The van der Waals surface area contributed by atoms with Crippen LogP contribution in [0.15, 0.2) is 18.2 Å². The standard InChI is InChI=1S/C13H17NO2/c1-14-7-6-12(15)10-4-5-13-11(9-10)3-2-8-16-13/h4-5,9,14H,2-3,6-8H2,1H3. The van der Waals surface area contributed by atoms with Crippen molar-refractivity contribution in [3.8, 4) is 5.75 Å². The number of Topliss-reactive ketones (excluding diaryl/α,β-unsaturated/α-hetero) is 1. The smallest absolute Gasteiger partial charge is 0.164 e. The van der Waals surface area contributed by atoms with E-state index in [9.17, 15) is 4.79 Å². The lowest BCUT2D eigenvalue weighted by atomic mass is 10.0. The average molecular weight is 219 g/mol. The molecule has 0 radical (unpaired) electrons. The first kappa shape index (κ1) is 11.1. The summed E-state index contributed by atoms with van der Waals surface area (Å²) in [5.41, 5.74) is 1.97. The molecule has 0 bridgehead atoms. The van der Waals surface area contributed by atoms with Crippen LogP contribution in [-0.2, 0) is 6.42 Å². The normalized spacial score (nSPS) is 14.1. The van der Waals surface area contributed by atoms with Crippen molar-refractivity contribution in [3.05, 3.63) is 29.3 Å². The third kappa shape index (κ3) is 2.42. The van der Waals surface area contributed by atoms with Crippen molar-refractivity contribution in [1.82, 2.24) is 5.32 Å². The predicted molar refractivity (Wildman–Crippen MR) is 63.1 cm³/mol. The number of carbonyl (C=O) groups excluding carboxylic acids is 1. The molecule has 0 aromatic heterocycles. The van der Waals surface area contributed by atoms with Gasteiger partial charge in [-0.3, -0.25) is 4.79 Å². The number of fused-ring (bicyclic) bond motifs is 1. The van der Waals surface area contributed by atoms with E-state index >= 15 is 0 Å². The molecule has 0 amide bonds. The quantitative estimate of drug-likeness (QED) is 0.785. The van der Waals surface area contributed by atoms with Crippen molar-refractivity contribution in [1.29, 1.82) is 0 Å². The summed E-state index contributed by atoms with van der Waals surface area (Å²) in [6.45, 7) is 1.52. The van der Waals surface area contributed by atoms with E-state index in [1.54, 1.807) is 0 Å². The molecule has 0 spiro atoms. The molecular formula is C13H17NO2. The number of rotatable bonds is 4. The third-order valence-electron chi connectivity index (χ3n) is 2.83. The summed E-state index contributed by atoms with van der Waals surface area (Å²) in [6.07, 6.45) is 2.61. The van der Waals surface area contributed by atoms with Gasteiger partial charge in [-0.15, -0.1) is 0 Å². The average Bonchev–Trinajstić information content (AvgIpc) is 2.35. The molecule has 0 saturated carbocycles. The third-order valence-corrected chi connectivity index (χ3v) is 2.83. The van der Waals surface area contributed by atoms with E-state index in [1.807, 2.05) is 25.2 Å². The monoisotopic (exact) mass is 219 g/mol. The van der Waals surface area contributed by atoms with Gasteiger partial charge in [0.05, 0.1) is 6.61 Å². The number of hydrogen-bond donors (Lipinski definition) is 1. The fourth-order valence-electron chi connectivity index (χ4n) is 1.92. The molecule has 1 aromatic rings. The number of carbonyl (C=O) groups is 1. The Labute approximate surface area is 95.8 Å². The van der Waals surface area contributed by atoms with Crippen molar-refractivity contribution in [2.45, 2.75) is 19.3 Å². The highest BCUT2D eigenvalue weighted by atomic mass is 16.5. The van der Waals surface area contributed by atoms with Gasteiger partial charge in [-0.2, -0.15) is 0 Å². The molecular weight excluding hydrogens is 202 g/mol. The van der Waals surface area contributed by atoms with Crippen molar-refractivity contribution in [3.63, 3.8) is 0 Å². The summed E-state index contributed by atoms with van der Waals surface area (Å²) in [7, 11) is 1.86. The highest BCUT2D eigenvalue weighted by Gasteiger charge is 2.13. The maximum atomic E-state index is 11.8. The number of ketones is 1. The zero-order valence-electron chi connectivity index (χ0n) is 9.58. The van der Waals surface area contributed by atoms with Crippen LogP contribution < -0.4 is 10.1 Å². The SMILES string of the molecule is CNCCC(=O)c1ccc2c(c1)CCCO2. The molecule has 0 saturated heterocycles. The molecule has 3 nitrogen and oxygen atoms in total. The summed E-state index contributed by atoms with van der Waals surface area (Å²) in [5, 5.41) is 2.99. The molecule has 0 fully saturated rings. The molecule has 1 aliphatic heterocycles. The number of benzene rings is 1. The van der Waals surface area contributed by atoms with Crippen molar-refractivity contribution in [2.24, 2.45) is 0 Å². The highest BCUT2D eigenvalue weighted by molar-refractivity contribution is 5.96. The molecule has 86 valence electrons. The second-order valence-corrected chi connectivity index (χ2v) is 4.05. The number of nitrogens with one attached hydrogen (secondary N) is 1. The van der Waals surface area contributed by atoms with Crippen LogP contribution in [0.1, 0.15) is 28.8 Å². The van der Waals surface area contributed by atoms with Crippen LogP contribution in [0.5, 0.6) is 5.75 Å². The van der Waals surface area contributed by atoms with Gasteiger partial charge in [0.15, 0.2) is 5.78 Å². The first-order valence-electron chi connectivity index (χ1n) is 5.75. The molecule has 1 aromatic carbocycles. The molecule has 0 unspecified atom stereocenters. The second-order valence-electron chi connectivity index (χ2n) is 4.05. The summed E-state index contributed by atoms with van der Waals surface area (Å²) < 4.78 is 5.52. The fourth-order valence-corrected chi connectivity index (χ4v) is 1.92. The van der Waals surface area contributed by atoms with Gasteiger partial charge in [0.25, 0.3) is 0 Å². The van der Waals surface area contributed by atoms with Crippen molar-refractivity contribution in [2.75, 3.05) is 20.2 Å².